The number of methoxy groups -OCH3 is 1. The number of thiazole rings is 1. The Hall–Kier alpha value is -3.98. The van der Waals surface area contributed by atoms with Gasteiger partial charge in [0.15, 0.2) is 0 Å². The van der Waals surface area contributed by atoms with Crippen molar-refractivity contribution in [3.63, 3.8) is 0 Å². The van der Waals surface area contributed by atoms with Crippen molar-refractivity contribution in [2.24, 2.45) is 5.92 Å². The maximum Gasteiger partial charge on any atom is 0.230 e. The predicted molar refractivity (Wildman–Crippen MR) is 141 cm³/mol. The second-order valence-corrected chi connectivity index (χ2v) is 9.83. The van der Waals surface area contributed by atoms with Gasteiger partial charge in [0.05, 0.1) is 24.4 Å². The van der Waals surface area contributed by atoms with E-state index in [2.05, 4.69) is 10.4 Å². The highest BCUT2D eigenvalue weighted by Gasteiger charge is 2.35. The molecule has 2 amide bonds. The number of carbonyl (C=O) groups excluding carboxylic acids is 2. The molecule has 4 aromatic rings. The van der Waals surface area contributed by atoms with Gasteiger partial charge in [-0.25, -0.2) is 4.98 Å². The third-order valence-corrected chi connectivity index (χ3v) is 7.26. The smallest absolute Gasteiger partial charge is 0.230 e. The Morgan fingerprint density at radius 1 is 1.08 bits per heavy atom. The molecule has 9 heteroatoms. The van der Waals surface area contributed by atoms with Gasteiger partial charge in [-0.2, -0.15) is 9.78 Å². The Morgan fingerprint density at radius 2 is 1.86 bits per heavy atom. The van der Waals surface area contributed by atoms with Crippen LogP contribution in [-0.2, 0) is 9.59 Å². The minimum atomic E-state index is -0.450. The molecule has 0 bridgehead atoms. The average molecular weight is 502 g/mol. The summed E-state index contributed by atoms with van der Waals surface area (Å²) in [4.78, 5) is 32.3. The van der Waals surface area contributed by atoms with Crippen LogP contribution in [0.1, 0.15) is 23.2 Å². The molecule has 1 saturated heterocycles. The number of rotatable bonds is 6. The standard InChI is InChI=1S/C27H27N5O3S/c1-16-5-8-21(11-17(16)2)31-14-20(13-25(31)33)26(34)29-24-12-18(3)30-32(24)27-28-23(15-36-27)19-6-9-22(35-4)10-7-19/h5-12,15,20H,13-14H2,1-4H3,(H,29,34). The Balaban J connectivity index is 1.33. The van der Waals surface area contributed by atoms with E-state index in [-0.39, 0.29) is 18.2 Å². The summed E-state index contributed by atoms with van der Waals surface area (Å²) in [6.07, 6.45) is 0.171. The van der Waals surface area contributed by atoms with Gasteiger partial charge in [0.25, 0.3) is 0 Å². The lowest BCUT2D eigenvalue weighted by molar-refractivity contribution is -0.122. The molecule has 0 spiro atoms. The summed E-state index contributed by atoms with van der Waals surface area (Å²) in [5.74, 6) is 0.609. The van der Waals surface area contributed by atoms with Gasteiger partial charge in [-0.3, -0.25) is 9.59 Å². The minimum Gasteiger partial charge on any atom is -0.497 e. The van der Waals surface area contributed by atoms with E-state index >= 15 is 0 Å². The second-order valence-electron chi connectivity index (χ2n) is 8.99. The van der Waals surface area contributed by atoms with Crippen LogP contribution >= 0.6 is 11.3 Å². The Bertz CT molecular complexity index is 1440. The first-order chi connectivity index (χ1) is 17.3. The number of carbonyl (C=O) groups is 2. The molecule has 1 atom stereocenters. The molecule has 3 heterocycles. The van der Waals surface area contributed by atoms with Crippen LogP contribution in [0, 0.1) is 26.7 Å². The zero-order valence-electron chi connectivity index (χ0n) is 20.6. The molecule has 2 aromatic carbocycles. The maximum absolute atomic E-state index is 13.2. The van der Waals surface area contributed by atoms with Gasteiger partial charge >= 0.3 is 0 Å². The number of hydrogen-bond acceptors (Lipinski definition) is 6. The van der Waals surface area contributed by atoms with Crippen molar-refractivity contribution in [1.82, 2.24) is 14.8 Å². The summed E-state index contributed by atoms with van der Waals surface area (Å²) < 4.78 is 6.87. The van der Waals surface area contributed by atoms with Gasteiger partial charge in [-0.1, -0.05) is 6.07 Å². The maximum atomic E-state index is 13.2. The predicted octanol–water partition coefficient (Wildman–Crippen LogP) is 4.92. The van der Waals surface area contributed by atoms with E-state index in [1.807, 2.05) is 74.7 Å². The highest BCUT2D eigenvalue weighted by molar-refractivity contribution is 7.12. The van der Waals surface area contributed by atoms with Crippen molar-refractivity contribution < 1.29 is 14.3 Å². The lowest BCUT2D eigenvalue weighted by Crippen LogP contribution is -2.28. The summed E-state index contributed by atoms with van der Waals surface area (Å²) in [5.41, 5.74) is 5.64. The number of anilines is 2. The van der Waals surface area contributed by atoms with Crippen LogP contribution < -0.4 is 15.0 Å². The monoisotopic (exact) mass is 501 g/mol. The summed E-state index contributed by atoms with van der Waals surface area (Å²) in [6, 6.07) is 15.4. The van der Waals surface area contributed by atoms with E-state index in [0.717, 1.165) is 34.0 Å². The molecule has 1 aliphatic heterocycles. The zero-order valence-corrected chi connectivity index (χ0v) is 21.4. The highest BCUT2D eigenvalue weighted by Crippen LogP contribution is 2.30. The van der Waals surface area contributed by atoms with Gasteiger partial charge in [0.2, 0.25) is 16.9 Å². The zero-order chi connectivity index (χ0) is 25.4. The molecular formula is C27H27N5O3S. The fourth-order valence-corrected chi connectivity index (χ4v) is 5.04. The molecule has 1 N–H and O–H groups in total. The van der Waals surface area contributed by atoms with E-state index < -0.39 is 5.92 Å². The van der Waals surface area contributed by atoms with E-state index in [4.69, 9.17) is 9.72 Å². The summed E-state index contributed by atoms with van der Waals surface area (Å²) in [5, 5.41) is 10.1. The molecule has 8 nitrogen and oxygen atoms in total. The molecule has 0 saturated carbocycles. The minimum absolute atomic E-state index is 0.0489. The van der Waals surface area contributed by atoms with Crippen molar-refractivity contribution >= 4 is 34.7 Å². The van der Waals surface area contributed by atoms with Crippen molar-refractivity contribution in [2.75, 3.05) is 23.9 Å². The average Bonchev–Trinajstić information content (AvgIpc) is 3.59. The lowest BCUT2D eigenvalue weighted by Gasteiger charge is -2.18. The van der Waals surface area contributed by atoms with Crippen LogP contribution in [0.2, 0.25) is 0 Å². The first kappa shape index (κ1) is 23.7. The fraction of sp³-hybridized carbons (Fsp3) is 0.259. The van der Waals surface area contributed by atoms with Crippen LogP contribution in [-0.4, -0.2) is 40.2 Å². The molecule has 36 heavy (non-hydrogen) atoms. The molecule has 0 aliphatic carbocycles. The second kappa shape index (κ2) is 9.58. The van der Waals surface area contributed by atoms with Crippen LogP contribution in [0.5, 0.6) is 5.75 Å². The number of amides is 2. The number of hydrogen-bond donors (Lipinski definition) is 1. The van der Waals surface area contributed by atoms with Crippen molar-refractivity contribution in [3.8, 4) is 22.1 Å². The van der Waals surface area contributed by atoms with Crippen molar-refractivity contribution in [3.05, 3.63) is 70.7 Å². The number of ether oxygens (including phenoxy) is 1. The molecule has 1 fully saturated rings. The topological polar surface area (TPSA) is 89.3 Å². The fourth-order valence-electron chi connectivity index (χ4n) is 4.24. The number of nitrogens with one attached hydrogen (secondary N) is 1. The lowest BCUT2D eigenvalue weighted by atomic mass is 10.1. The SMILES string of the molecule is COc1ccc(-c2csc(-n3nc(C)cc3NC(=O)C3CC(=O)N(c4ccc(C)c(C)c4)C3)n2)cc1. The largest absolute Gasteiger partial charge is 0.497 e. The first-order valence-corrected chi connectivity index (χ1v) is 12.6. The molecule has 1 aliphatic rings. The molecule has 0 radical (unpaired) electrons. The van der Waals surface area contributed by atoms with Gasteiger partial charge in [-0.15, -0.1) is 11.3 Å². The normalized spacial score (nSPS) is 15.4. The number of nitrogens with zero attached hydrogens (tertiary/aromatic N) is 4. The molecule has 1 unspecified atom stereocenters. The first-order valence-electron chi connectivity index (χ1n) is 11.7. The Morgan fingerprint density at radius 3 is 2.58 bits per heavy atom. The van der Waals surface area contributed by atoms with E-state index in [1.54, 1.807) is 16.7 Å². The molecule has 2 aromatic heterocycles. The van der Waals surface area contributed by atoms with Crippen molar-refractivity contribution in [1.29, 1.82) is 0 Å². The van der Waals surface area contributed by atoms with E-state index in [9.17, 15) is 9.59 Å². The molecule has 5 rings (SSSR count). The number of benzene rings is 2. The van der Waals surface area contributed by atoms with E-state index in [1.165, 1.54) is 16.9 Å². The molecule has 184 valence electrons. The van der Waals surface area contributed by atoms with Gasteiger partial charge in [0, 0.05) is 35.7 Å². The van der Waals surface area contributed by atoms with Gasteiger partial charge in [0.1, 0.15) is 11.6 Å². The van der Waals surface area contributed by atoms with Gasteiger partial charge < -0.3 is 15.0 Å². The van der Waals surface area contributed by atoms with Crippen LogP contribution in [0.15, 0.2) is 53.9 Å². The van der Waals surface area contributed by atoms with E-state index in [0.29, 0.717) is 17.5 Å². The van der Waals surface area contributed by atoms with Gasteiger partial charge in [-0.05, 0) is 68.3 Å². The Labute approximate surface area is 213 Å². The Kier molecular flexibility index (Phi) is 6.32. The molecular weight excluding hydrogens is 474 g/mol. The summed E-state index contributed by atoms with van der Waals surface area (Å²) >= 11 is 1.44. The summed E-state index contributed by atoms with van der Waals surface area (Å²) in [6.45, 7) is 6.27. The third kappa shape index (κ3) is 4.61. The third-order valence-electron chi connectivity index (χ3n) is 6.44. The number of aromatic nitrogens is 3. The highest BCUT2D eigenvalue weighted by atomic mass is 32.1. The van der Waals surface area contributed by atoms with Crippen LogP contribution in [0.25, 0.3) is 16.4 Å². The van der Waals surface area contributed by atoms with Crippen LogP contribution in [0.3, 0.4) is 0 Å². The quantitative estimate of drug-likeness (QED) is 0.405. The van der Waals surface area contributed by atoms with Crippen molar-refractivity contribution in [2.45, 2.75) is 27.2 Å². The van der Waals surface area contributed by atoms with Crippen LogP contribution in [0.4, 0.5) is 11.5 Å². The number of aryl methyl sites for hydroxylation is 3. The summed E-state index contributed by atoms with van der Waals surface area (Å²) in [7, 11) is 1.63.